The van der Waals surface area contributed by atoms with Crippen LogP contribution in [0.1, 0.15) is 50.0 Å². The molecule has 1 heterocycles. The van der Waals surface area contributed by atoms with Crippen molar-refractivity contribution in [3.63, 3.8) is 0 Å². The molecule has 2 unspecified atom stereocenters. The van der Waals surface area contributed by atoms with Gasteiger partial charge in [0.15, 0.2) is 0 Å². The number of aromatic nitrogens is 1. The highest BCUT2D eigenvalue weighted by Crippen LogP contribution is 2.27. The lowest BCUT2D eigenvalue weighted by atomic mass is 9.88. The van der Waals surface area contributed by atoms with Crippen molar-refractivity contribution in [3.8, 4) is 0 Å². The van der Waals surface area contributed by atoms with E-state index >= 15 is 0 Å². The summed E-state index contributed by atoms with van der Waals surface area (Å²) in [4.78, 5) is 12.2. The number of hydrogen-bond donors (Lipinski definition) is 1. The zero-order chi connectivity index (χ0) is 15.6. The quantitative estimate of drug-likeness (QED) is 0.859. The van der Waals surface area contributed by atoms with E-state index in [1.54, 1.807) is 4.57 Å². The summed E-state index contributed by atoms with van der Waals surface area (Å²) in [5, 5.41) is 5.11. The maximum Gasteiger partial charge on any atom is 0.355 e. The predicted molar refractivity (Wildman–Crippen MR) is 78.3 cm³/mol. The molecular formula is C14H22N2O4S. The van der Waals surface area contributed by atoms with Gasteiger partial charge in [-0.25, -0.2) is 18.4 Å². The van der Waals surface area contributed by atoms with Crippen LogP contribution in [-0.4, -0.2) is 25.1 Å². The largest absolute Gasteiger partial charge is 0.457 e. The molecule has 0 radical (unpaired) electrons. The van der Waals surface area contributed by atoms with E-state index in [0.29, 0.717) is 12.5 Å². The first-order valence-electron chi connectivity index (χ1n) is 7.27. The molecule has 21 heavy (non-hydrogen) atoms. The first-order chi connectivity index (χ1) is 9.82. The summed E-state index contributed by atoms with van der Waals surface area (Å²) in [6.45, 7) is 4.37. The third-order valence-electron chi connectivity index (χ3n) is 4.04. The van der Waals surface area contributed by atoms with Gasteiger partial charge in [-0.15, -0.1) is 0 Å². The second-order valence-corrected chi connectivity index (χ2v) is 7.16. The van der Waals surface area contributed by atoms with Crippen LogP contribution in [0.15, 0.2) is 17.2 Å². The van der Waals surface area contributed by atoms with Crippen molar-refractivity contribution in [2.75, 3.05) is 0 Å². The van der Waals surface area contributed by atoms with Crippen molar-refractivity contribution in [3.05, 3.63) is 18.0 Å². The molecule has 1 saturated carbocycles. The van der Waals surface area contributed by atoms with E-state index in [2.05, 4.69) is 6.92 Å². The fraction of sp³-hybridized carbons (Fsp3) is 0.643. The fourth-order valence-corrected chi connectivity index (χ4v) is 3.28. The minimum atomic E-state index is -3.82. The van der Waals surface area contributed by atoms with E-state index in [1.807, 2.05) is 6.92 Å². The summed E-state index contributed by atoms with van der Waals surface area (Å²) in [5.74, 6) is -0.143. The number of carbonyl (C=O) groups is 1. The van der Waals surface area contributed by atoms with Crippen LogP contribution in [-0.2, 0) is 21.3 Å². The molecule has 7 heteroatoms. The molecule has 0 aliphatic heterocycles. The number of carbonyl (C=O) groups excluding carboxylic acids is 1. The van der Waals surface area contributed by atoms with E-state index < -0.39 is 16.0 Å². The summed E-state index contributed by atoms with van der Waals surface area (Å²) in [6, 6.07) is 1.29. The molecule has 1 aromatic heterocycles. The Morgan fingerprint density at radius 1 is 1.43 bits per heavy atom. The second kappa shape index (κ2) is 6.19. The minimum Gasteiger partial charge on any atom is -0.457 e. The van der Waals surface area contributed by atoms with Gasteiger partial charge in [0.1, 0.15) is 16.7 Å². The van der Waals surface area contributed by atoms with Gasteiger partial charge in [-0.3, -0.25) is 0 Å². The number of nitrogens with zero attached hydrogens (tertiary/aromatic N) is 1. The molecule has 1 fully saturated rings. The van der Waals surface area contributed by atoms with Crippen molar-refractivity contribution in [2.45, 2.75) is 57.1 Å². The summed E-state index contributed by atoms with van der Waals surface area (Å²) in [7, 11) is -3.82. The zero-order valence-electron chi connectivity index (χ0n) is 12.4. The summed E-state index contributed by atoms with van der Waals surface area (Å²) in [6.07, 6.45) is 5.41. The van der Waals surface area contributed by atoms with Crippen LogP contribution in [0.2, 0.25) is 0 Å². The van der Waals surface area contributed by atoms with Gasteiger partial charge < -0.3 is 9.30 Å². The Hall–Kier alpha value is -1.34. The van der Waals surface area contributed by atoms with Gasteiger partial charge in [0, 0.05) is 12.7 Å². The molecule has 0 bridgehead atoms. The van der Waals surface area contributed by atoms with Crippen molar-refractivity contribution in [2.24, 2.45) is 11.1 Å². The summed E-state index contributed by atoms with van der Waals surface area (Å²) >= 11 is 0. The van der Waals surface area contributed by atoms with Crippen molar-refractivity contribution in [1.82, 2.24) is 4.57 Å². The van der Waals surface area contributed by atoms with E-state index in [9.17, 15) is 13.2 Å². The fourth-order valence-electron chi connectivity index (χ4n) is 2.73. The maximum atomic E-state index is 12.3. The number of sulfonamides is 1. The van der Waals surface area contributed by atoms with Crippen LogP contribution >= 0.6 is 0 Å². The molecule has 2 N–H and O–H groups in total. The van der Waals surface area contributed by atoms with E-state index in [4.69, 9.17) is 9.88 Å². The van der Waals surface area contributed by atoms with Crippen LogP contribution < -0.4 is 5.14 Å². The predicted octanol–water partition coefficient (Wildman–Crippen LogP) is 1.89. The average Bonchev–Trinajstić information content (AvgIpc) is 2.85. The Labute approximate surface area is 125 Å². The van der Waals surface area contributed by atoms with Crippen LogP contribution in [0.3, 0.4) is 0 Å². The molecule has 6 nitrogen and oxygen atoms in total. The zero-order valence-corrected chi connectivity index (χ0v) is 13.2. The molecule has 1 aliphatic rings. The molecule has 1 aliphatic carbocycles. The number of rotatable bonds is 4. The molecule has 0 aromatic carbocycles. The van der Waals surface area contributed by atoms with Gasteiger partial charge in [-0.2, -0.15) is 0 Å². The molecule has 118 valence electrons. The number of esters is 1. The topological polar surface area (TPSA) is 91.4 Å². The van der Waals surface area contributed by atoms with E-state index in [1.165, 1.54) is 12.3 Å². The van der Waals surface area contributed by atoms with E-state index in [-0.39, 0.29) is 16.7 Å². The van der Waals surface area contributed by atoms with Gasteiger partial charge >= 0.3 is 5.97 Å². The van der Waals surface area contributed by atoms with Gasteiger partial charge in [0.2, 0.25) is 10.0 Å². The SMILES string of the molecule is CCn1cc(S(N)(=O)=O)cc1C(=O)OC1CCCCC1C. The molecule has 0 saturated heterocycles. The first kappa shape index (κ1) is 16.0. The standard InChI is InChI=1S/C14H22N2O4S/c1-3-16-9-11(21(15,18)19)8-12(16)14(17)20-13-7-5-4-6-10(13)2/h8-10,13H,3-7H2,1-2H3,(H2,15,18,19). The van der Waals surface area contributed by atoms with Crippen LogP contribution in [0.4, 0.5) is 0 Å². The lowest BCUT2D eigenvalue weighted by molar-refractivity contribution is 0.00374. The highest BCUT2D eigenvalue weighted by atomic mass is 32.2. The number of aryl methyl sites for hydroxylation is 1. The van der Waals surface area contributed by atoms with Gasteiger partial charge in [0.25, 0.3) is 0 Å². The minimum absolute atomic E-state index is 0.0620. The number of ether oxygens (including phenoxy) is 1. The molecule has 2 atom stereocenters. The maximum absolute atomic E-state index is 12.3. The number of nitrogens with two attached hydrogens (primary N) is 1. The lowest BCUT2D eigenvalue weighted by Crippen LogP contribution is -2.29. The Kier molecular flexibility index (Phi) is 4.73. The number of hydrogen-bond acceptors (Lipinski definition) is 4. The highest BCUT2D eigenvalue weighted by Gasteiger charge is 2.27. The Morgan fingerprint density at radius 2 is 2.10 bits per heavy atom. The lowest BCUT2D eigenvalue weighted by Gasteiger charge is -2.28. The van der Waals surface area contributed by atoms with Crippen molar-refractivity contribution in [1.29, 1.82) is 0 Å². The normalized spacial score (nSPS) is 23.0. The Balaban J connectivity index is 2.20. The first-order valence-corrected chi connectivity index (χ1v) is 8.81. The van der Waals surface area contributed by atoms with Gasteiger partial charge in [-0.1, -0.05) is 13.3 Å². The smallest absolute Gasteiger partial charge is 0.355 e. The van der Waals surface area contributed by atoms with Crippen LogP contribution in [0.25, 0.3) is 0 Å². The van der Waals surface area contributed by atoms with Gasteiger partial charge in [0.05, 0.1) is 0 Å². The molecule has 2 rings (SSSR count). The molecular weight excluding hydrogens is 292 g/mol. The highest BCUT2D eigenvalue weighted by molar-refractivity contribution is 7.89. The summed E-state index contributed by atoms with van der Waals surface area (Å²) in [5.41, 5.74) is 0.235. The van der Waals surface area contributed by atoms with Gasteiger partial charge in [-0.05, 0) is 38.2 Å². The molecule has 0 spiro atoms. The van der Waals surface area contributed by atoms with Crippen molar-refractivity contribution >= 4 is 16.0 Å². The van der Waals surface area contributed by atoms with Crippen LogP contribution in [0, 0.1) is 5.92 Å². The van der Waals surface area contributed by atoms with Crippen LogP contribution in [0.5, 0.6) is 0 Å². The second-order valence-electron chi connectivity index (χ2n) is 5.60. The average molecular weight is 314 g/mol. The monoisotopic (exact) mass is 314 g/mol. The summed E-state index contributed by atoms with van der Waals surface area (Å²) < 4.78 is 29.9. The van der Waals surface area contributed by atoms with Crippen molar-refractivity contribution < 1.29 is 17.9 Å². The molecule has 0 amide bonds. The third kappa shape index (κ3) is 3.65. The Morgan fingerprint density at radius 3 is 2.67 bits per heavy atom. The molecule has 1 aromatic rings. The Bertz CT molecular complexity index is 621. The number of primary sulfonamides is 1. The third-order valence-corrected chi connectivity index (χ3v) is 4.92. The van der Waals surface area contributed by atoms with E-state index in [0.717, 1.165) is 25.7 Å².